The Kier molecular flexibility index (Phi) is 6.19. The van der Waals surface area contributed by atoms with Crippen molar-refractivity contribution in [3.63, 3.8) is 0 Å². The number of rotatable bonds is 4. The normalized spacial score (nSPS) is 43.3. The molecule has 0 bridgehead atoms. The monoisotopic (exact) mass is 563 g/mol. The first-order valence-electron chi connectivity index (χ1n) is 13.3. The minimum absolute atomic E-state index is 0.0163. The molecule has 0 unspecified atom stereocenters. The van der Waals surface area contributed by atoms with Gasteiger partial charge in [-0.15, -0.1) is 0 Å². The molecule has 6 rings (SSSR count). The average molecular weight is 564 g/mol. The number of hydroxylamine groups is 1. The molecule has 3 saturated carbocycles. The largest absolute Gasteiger partial charge is 0.390 e. The number of fused-ring (bicyclic) bond motifs is 7. The molecule has 4 aliphatic carbocycles. The van der Waals surface area contributed by atoms with Crippen LogP contribution in [0.5, 0.6) is 0 Å². The van der Waals surface area contributed by atoms with Crippen molar-refractivity contribution in [1.82, 2.24) is 0 Å². The molecule has 0 amide bonds. The third-order valence-electron chi connectivity index (χ3n) is 10.4. The van der Waals surface area contributed by atoms with Crippen LogP contribution in [-0.2, 0) is 14.4 Å². The Hall–Kier alpha value is -1.74. The summed E-state index contributed by atoms with van der Waals surface area (Å²) in [6.45, 7) is 3.52. The van der Waals surface area contributed by atoms with Crippen molar-refractivity contribution in [3.05, 3.63) is 53.1 Å². The number of halogens is 3. The van der Waals surface area contributed by atoms with E-state index in [2.05, 4.69) is 0 Å². The first kappa shape index (κ1) is 26.5. The van der Waals surface area contributed by atoms with Gasteiger partial charge in [0.25, 0.3) is 0 Å². The zero-order valence-corrected chi connectivity index (χ0v) is 23.0. The molecule has 0 radical (unpaired) electrons. The first-order valence-corrected chi connectivity index (χ1v) is 14.6. The molecule has 0 aromatic heterocycles. The van der Waals surface area contributed by atoms with E-state index in [1.807, 2.05) is 19.1 Å². The Morgan fingerprint density at radius 2 is 2.00 bits per heavy atom. The lowest BCUT2D eigenvalue weighted by molar-refractivity contribution is -0.220. The fourth-order valence-corrected chi connectivity index (χ4v) is 9.63. The second-order valence-electron chi connectivity index (χ2n) is 11.9. The highest BCUT2D eigenvalue weighted by Gasteiger charge is 2.79. The van der Waals surface area contributed by atoms with Crippen LogP contribution < -0.4 is 5.06 Å². The predicted octanol–water partition coefficient (Wildman–Crippen LogP) is 5.66. The highest BCUT2D eigenvalue weighted by Crippen LogP contribution is 2.73. The SMILES string of the molecule is C[C@]12C=CC(=O)C=C1CC[C@H]1[C@@H]3C[C@H]4CN(c5ccc(Cl)cc5)O[C@@]4(C(=O)SCCF)[C@@]3(C)C[C@H](O)[C@@]12F. The number of benzene rings is 1. The number of ketones is 1. The second-order valence-corrected chi connectivity index (χ2v) is 13.4. The minimum atomic E-state index is -1.98. The highest BCUT2D eigenvalue weighted by molar-refractivity contribution is 8.13. The van der Waals surface area contributed by atoms with E-state index in [1.54, 1.807) is 30.2 Å². The van der Waals surface area contributed by atoms with E-state index in [4.69, 9.17) is 16.4 Å². The van der Waals surface area contributed by atoms with Crippen molar-refractivity contribution in [2.75, 3.05) is 24.0 Å². The van der Waals surface area contributed by atoms with Gasteiger partial charge in [-0.2, -0.15) is 0 Å². The Balaban J connectivity index is 1.42. The molecule has 1 N–H and O–H groups in total. The lowest BCUT2D eigenvalue weighted by Gasteiger charge is -2.62. The molecule has 1 aromatic rings. The highest BCUT2D eigenvalue weighted by atomic mass is 35.5. The molecule has 8 atom stereocenters. The van der Waals surface area contributed by atoms with E-state index in [1.165, 1.54) is 12.2 Å². The van der Waals surface area contributed by atoms with Gasteiger partial charge >= 0.3 is 0 Å². The number of thioether (sulfide) groups is 1. The lowest BCUT2D eigenvalue weighted by atomic mass is 9.45. The topological polar surface area (TPSA) is 66.8 Å². The fourth-order valence-electron chi connectivity index (χ4n) is 8.59. The van der Waals surface area contributed by atoms with Gasteiger partial charge in [-0.1, -0.05) is 41.9 Å². The number of hydrogen-bond donors (Lipinski definition) is 1. The van der Waals surface area contributed by atoms with Crippen LogP contribution in [-0.4, -0.2) is 52.4 Å². The molecule has 5 aliphatic rings. The number of carbonyl (C=O) groups is 2. The van der Waals surface area contributed by atoms with Gasteiger partial charge in [-0.25, -0.2) is 4.39 Å². The number of hydrogen-bond acceptors (Lipinski definition) is 6. The number of nitrogens with zero attached hydrogens (tertiary/aromatic N) is 1. The first-order chi connectivity index (χ1) is 18.0. The Morgan fingerprint density at radius 1 is 1.26 bits per heavy atom. The molecule has 1 heterocycles. The maximum absolute atomic E-state index is 17.5. The summed E-state index contributed by atoms with van der Waals surface area (Å²) in [7, 11) is 0. The van der Waals surface area contributed by atoms with E-state index in [9.17, 15) is 19.1 Å². The summed E-state index contributed by atoms with van der Waals surface area (Å²) < 4.78 is 30.7. The summed E-state index contributed by atoms with van der Waals surface area (Å²) in [5.41, 5.74) is -3.81. The van der Waals surface area contributed by atoms with Crippen LogP contribution in [0.4, 0.5) is 14.5 Å². The van der Waals surface area contributed by atoms with Crippen LogP contribution in [0.3, 0.4) is 0 Å². The van der Waals surface area contributed by atoms with Crippen molar-refractivity contribution >= 4 is 39.9 Å². The molecule has 38 heavy (non-hydrogen) atoms. The van der Waals surface area contributed by atoms with E-state index < -0.39 is 40.8 Å². The minimum Gasteiger partial charge on any atom is -0.390 e. The molecule has 4 fully saturated rings. The van der Waals surface area contributed by atoms with Crippen molar-refractivity contribution in [1.29, 1.82) is 0 Å². The number of allylic oxidation sites excluding steroid dienone is 4. The third-order valence-corrected chi connectivity index (χ3v) is 11.5. The van der Waals surface area contributed by atoms with Gasteiger partial charge in [0.1, 0.15) is 0 Å². The molecule has 5 nitrogen and oxygen atoms in total. The Labute approximate surface area is 230 Å². The molecular weight excluding hydrogens is 532 g/mol. The van der Waals surface area contributed by atoms with Crippen molar-refractivity contribution in [3.8, 4) is 0 Å². The van der Waals surface area contributed by atoms with Crippen molar-refractivity contribution in [2.45, 2.75) is 56.9 Å². The summed E-state index contributed by atoms with van der Waals surface area (Å²) >= 11 is 7.00. The summed E-state index contributed by atoms with van der Waals surface area (Å²) in [5.74, 6) is -1.15. The molecule has 1 aromatic carbocycles. The Bertz CT molecular complexity index is 1240. The molecule has 0 spiro atoms. The summed E-state index contributed by atoms with van der Waals surface area (Å²) in [5, 5.41) is 13.7. The van der Waals surface area contributed by atoms with Gasteiger partial charge in [-0.05, 0) is 74.9 Å². The number of alkyl halides is 2. The van der Waals surface area contributed by atoms with E-state index >= 15 is 4.39 Å². The number of carbonyl (C=O) groups excluding carboxylic acids is 2. The van der Waals surface area contributed by atoms with Crippen molar-refractivity contribution < 1.29 is 28.3 Å². The van der Waals surface area contributed by atoms with E-state index in [-0.39, 0.29) is 34.9 Å². The van der Waals surface area contributed by atoms with E-state index in [0.717, 1.165) is 23.0 Å². The van der Waals surface area contributed by atoms with Crippen LogP contribution in [0.15, 0.2) is 48.1 Å². The zero-order valence-electron chi connectivity index (χ0n) is 21.5. The average Bonchev–Trinajstić information content (AvgIpc) is 3.38. The molecule has 9 heteroatoms. The maximum atomic E-state index is 17.5. The molecule has 1 aliphatic heterocycles. The third kappa shape index (κ3) is 3.29. The van der Waals surface area contributed by atoms with Gasteiger partial charge in [0.15, 0.2) is 17.1 Å². The van der Waals surface area contributed by atoms with Gasteiger partial charge < -0.3 is 5.11 Å². The molecular formula is C29H32ClF2NO4S. The Morgan fingerprint density at radius 3 is 2.71 bits per heavy atom. The standard InChI is InChI=1S/C29H32ClF2NO4S/c1-26-10-9-21(34)13-17(26)3-8-22-23-14-18-16-33(20-6-4-19(30)5-7-20)37-29(18,25(36)38-12-11-31)27(23,2)15-24(35)28(22,26)32/h4-7,9-10,13,18,22-24,35H,3,8,11-12,14-16H2,1-2H3/t18-,22-,23-,24-,26-,27-,28-,29-/m0/s1. The number of anilines is 1. The van der Waals surface area contributed by atoms with E-state index in [0.29, 0.717) is 30.8 Å². The predicted molar refractivity (Wildman–Crippen MR) is 143 cm³/mol. The van der Waals surface area contributed by atoms with Gasteiger partial charge in [0.05, 0.1) is 25.0 Å². The van der Waals surface area contributed by atoms with Gasteiger partial charge in [-0.3, -0.25) is 23.9 Å². The summed E-state index contributed by atoms with van der Waals surface area (Å²) in [6, 6.07) is 7.16. The summed E-state index contributed by atoms with van der Waals surface area (Å²) in [6.07, 6.45) is 4.81. The fraction of sp³-hybridized carbons (Fsp3) is 0.586. The van der Waals surface area contributed by atoms with Crippen LogP contribution in [0.25, 0.3) is 0 Å². The van der Waals surface area contributed by atoms with Crippen LogP contribution >= 0.6 is 23.4 Å². The zero-order chi connectivity index (χ0) is 27.1. The quantitative estimate of drug-likeness (QED) is 0.510. The lowest BCUT2D eigenvalue weighted by Crippen LogP contribution is -2.69. The van der Waals surface area contributed by atoms with Crippen molar-refractivity contribution in [2.24, 2.45) is 28.6 Å². The molecule has 1 saturated heterocycles. The van der Waals surface area contributed by atoms with Crippen LogP contribution in [0.1, 0.15) is 39.5 Å². The number of aliphatic hydroxyl groups excluding tert-OH is 1. The van der Waals surface area contributed by atoms with Gasteiger partial charge in [0.2, 0.25) is 5.12 Å². The second kappa shape index (κ2) is 8.88. The summed E-state index contributed by atoms with van der Waals surface area (Å²) in [4.78, 5) is 32.7. The molecule has 204 valence electrons. The van der Waals surface area contributed by atoms with Gasteiger partial charge in [0, 0.05) is 33.4 Å². The van der Waals surface area contributed by atoms with Crippen LogP contribution in [0.2, 0.25) is 5.02 Å². The smallest absolute Gasteiger partial charge is 0.224 e. The van der Waals surface area contributed by atoms with Crippen LogP contribution in [0, 0.1) is 28.6 Å². The number of aliphatic hydroxyl groups is 1. The maximum Gasteiger partial charge on any atom is 0.224 e.